The van der Waals surface area contributed by atoms with Crippen LogP contribution >= 0.6 is 11.3 Å². The normalized spacial score (nSPS) is 11.8. The topological polar surface area (TPSA) is 51.8 Å². The van der Waals surface area contributed by atoms with Crippen LogP contribution in [0.15, 0.2) is 18.3 Å². The number of nitrogens with two attached hydrogens (primary N) is 1. The molecular formula is C13H16FN3S. The van der Waals surface area contributed by atoms with Crippen molar-refractivity contribution in [3.05, 3.63) is 34.7 Å². The molecule has 2 rings (SSSR count). The van der Waals surface area contributed by atoms with E-state index in [0.29, 0.717) is 12.2 Å². The summed E-state index contributed by atoms with van der Waals surface area (Å²) in [6, 6.07) is 3.03. The van der Waals surface area contributed by atoms with Crippen molar-refractivity contribution < 1.29 is 4.39 Å². The third-order valence-corrected chi connectivity index (χ3v) is 3.64. The zero-order chi connectivity index (χ0) is 13.3. The molecule has 0 aliphatic rings. The van der Waals surface area contributed by atoms with Gasteiger partial charge in [-0.05, 0) is 12.1 Å². The lowest BCUT2D eigenvalue weighted by Crippen LogP contribution is -2.15. The first kappa shape index (κ1) is 13.1. The number of hydrogen-bond donors (Lipinski definition) is 1. The molecule has 0 saturated heterocycles. The Morgan fingerprint density at radius 1 is 1.33 bits per heavy atom. The molecule has 2 N–H and O–H groups in total. The monoisotopic (exact) mass is 265 g/mol. The van der Waals surface area contributed by atoms with Crippen molar-refractivity contribution in [3.8, 4) is 10.7 Å². The first-order chi connectivity index (χ1) is 8.41. The van der Waals surface area contributed by atoms with Gasteiger partial charge in [0.25, 0.3) is 0 Å². The van der Waals surface area contributed by atoms with Gasteiger partial charge in [0.2, 0.25) is 0 Å². The molecule has 18 heavy (non-hydrogen) atoms. The SMILES string of the molecule is CC(C)(C)c1nc(-c2ccc(F)cn2)sc1CN. The number of aromatic nitrogens is 2. The predicted molar refractivity (Wildman–Crippen MR) is 71.9 cm³/mol. The van der Waals surface area contributed by atoms with Crippen LogP contribution in [0.1, 0.15) is 31.3 Å². The van der Waals surface area contributed by atoms with Gasteiger partial charge in [-0.2, -0.15) is 0 Å². The Hall–Kier alpha value is -1.33. The van der Waals surface area contributed by atoms with Crippen LogP contribution in [0.4, 0.5) is 4.39 Å². The zero-order valence-electron chi connectivity index (χ0n) is 10.7. The molecule has 0 aromatic carbocycles. The maximum Gasteiger partial charge on any atom is 0.142 e. The standard InChI is InChI=1S/C13H16FN3S/c1-13(2,3)11-10(6-15)18-12(17-11)9-5-4-8(14)7-16-9/h4-5,7H,6,15H2,1-3H3. The Kier molecular flexibility index (Phi) is 3.45. The summed E-state index contributed by atoms with van der Waals surface area (Å²) in [4.78, 5) is 9.72. The van der Waals surface area contributed by atoms with Gasteiger partial charge in [0, 0.05) is 16.8 Å². The number of pyridine rings is 1. The van der Waals surface area contributed by atoms with Crippen molar-refractivity contribution in [1.29, 1.82) is 0 Å². The molecule has 0 atom stereocenters. The molecule has 0 fully saturated rings. The largest absolute Gasteiger partial charge is 0.326 e. The van der Waals surface area contributed by atoms with Crippen LogP contribution in [-0.4, -0.2) is 9.97 Å². The van der Waals surface area contributed by atoms with Crippen LogP contribution in [-0.2, 0) is 12.0 Å². The minimum Gasteiger partial charge on any atom is -0.326 e. The maximum absolute atomic E-state index is 12.8. The lowest BCUT2D eigenvalue weighted by atomic mass is 9.91. The van der Waals surface area contributed by atoms with Crippen LogP contribution in [0.3, 0.4) is 0 Å². The van der Waals surface area contributed by atoms with Crippen LogP contribution in [0, 0.1) is 5.82 Å². The summed E-state index contributed by atoms with van der Waals surface area (Å²) in [5.74, 6) is -0.342. The highest BCUT2D eigenvalue weighted by Gasteiger charge is 2.23. The molecule has 0 saturated carbocycles. The molecule has 2 aromatic rings. The number of hydrogen-bond acceptors (Lipinski definition) is 4. The van der Waals surface area contributed by atoms with Gasteiger partial charge in [0.1, 0.15) is 10.8 Å². The summed E-state index contributed by atoms with van der Waals surface area (Å²) < 4.78 is 12.8. The highest BCUT2D eigenvalue weighted by atomic mass is 32.1. The van der Waals surface area contributed by atoms with E-state index in [4.69, 9.17) is 5.73 Å². The van der Waals surface area contributed by atoms with E-state index in [2.05, 4.69) is 30.7 Å². The van der Waals surface area contributed by atoms with E-state index in [1.54, 1.807) is 6.07 Å². The lowest BCUT2D eigenvalue weighted by molar-refractivity contribution is 0.567. The van der Waals surface area contributed by atoms with Crippen LogP contribution in [0.25, 0.3) is 10.7 Å². The smallest absolute Gasteiger partial charge is 0.142 e. The van der Waals surface area contributed by atoms with E-state index in [0.717, 1.165) is 15.6 Å². The van der Waals surface area contributed by atoms with E-state index >= 15 is 0 Å². The van der Waals surface area contributed by atoms with Crippen molar-refractivity contribution in [2.75, 3.05) is 0 Å². The second-order valence-electron chi connectivity index (χ2n) is 5.11. The maximum atomic E-state index is 12.8. The summed E-state index contributed by atoms with van der Waals surface area (Å²) >= 11 is 1.52. The first-order valence-corrected chi connectivity index (χ1v) is 6.55. The Labute approximate surface area is 110 Å². The molecule has 2 aromatic heterocycles. The summed E-state index contributed by atoms with van der Waals surface area (Å²) in [5, 5.41) is 0.792. The fourth-order valence-electron chi connectivity index (χ4n) is 1.69. The molecule has 0 unspecified atom stereocenters. The number of rotatable bonds is 2. The van der Waals surface area contributed by atoms with Gasteiger partial charge in [-0.3, -0.25) is 4.98 Å². The van der Waals surface area contributed by atoms with E-state index < -0.39 is 0 Å². The number of nitrogens with zero attached hydrogens (tertiary/aromatic N) is 2. The predicted octanol–water partition coefficient (Wildman–Crippen LogP) is 3.10. The summed E-state index contributed by atoms with van der Waals surface area (Å²) in [7, 11) is 0. The molecule has 5 heteroatoms. The minimum atomic E-state index is -0.342. The second kappa shape index (κ2) is 4.74. The Morgan fingerprint density at radius 3 is 2.50 bits per heavy atom. The number of thiazole rings is 1. The molecule has 0 spiro atoms. The first-order valence-electron chi connectivity index (χ1n) is 5.74. The van der Waals surface area contributed by atoms with E-state index in [9.17, 15) is 4.39 Å². The van der Waals surface area contributed by atoms with Gasteiger partial charge in [-0.1, -0.05) is 20.8 Å². The number of halogens is 1. The lowest BCUT2D eigenvalue weighted by Gasteiger charge is -2.16. The van der Waals surface area contributed by atoms with Crippen molar-refractivity contribution in [2.45, 2.75) is 32.7 Å². The molecule has 3 nitrogen and oxygen atoms in total. The Balaban J connectivity index is 2.47. The fraction of sp³-hybridized carbons (Fsp3) is 0.385. The van der Waals surface area contributed by atoms with E-state index in [1.165, 1.54) is 23.6 Å². The minimum absolute atomic E-state index is 0.0521. The summed E-state index contributed by atoms with van der Waals surface area (Å²) in [5.41, 5.74) is 7.38. The van der Waals surface area contributed by atoms with Crippen molar-refractivity contribution >= 4 is 11.3 Å². The Morgan fingerprint density at radius 2 is 2.06 bits per heavy atom. The zero-order valence-corrected chi connectivity index (χ0v) is 11.5. The highest BCUT2D eigenvalue weighted by Crippen LogP contribution is 2.33. The van der Waals surface area contributed by atoms with Crippen molar-refractivity contribution in [1.82, 2.24) is 9.97 Å². The van der Waals surface area contributed by atoms with Gasteiger partial charge in [-0.15, -0.1) is 11.3 Å². The third-order valence-electron chi connectivity index (χ3n) is 2.54. The molecule has 0 aliphatic carbocycles. The molecule has 96 valence electrons. The average molecular weight is 265 g/mol. The van der Waals surface area contributed by atoms with Gasteiger partial charge in [-0.25, -0.2) is 9.37 Å². The third kappa shape index (κ3) is 2.57. The molecule has 0 radical (unpaired) electrons. The highest BCUT2D eigenvalue weighted by molar-refractivity contribution is 7.15. The van der Waals surface area contributed by atoms with E-state index in [-0.39, 0.29) is 11.2 Å². The summed E-state index contributed by atoms with van der Waals surface area (Å²) in [6.45, 7) is 6.76. The average Bonchev–Trinajstić information content (AvgIpc) is 2.73. The quantitative estimate of drug-likeness (QED) is 0.907. The molecule has 0 bridgehead atoms. The van der Waals surface area contributed by atoms with Gasteiger partial charge >= 0.3 is 0 Å². The Bertz CT molecular complexity index is 540. The van der Waals surface area contributed by atoms with Gasteiger partial charge in [0.05, 0.1) is 17.6 Å². The fourth-order valence-corrected chi connectivity index (χ4v) is 2.82. The molecule has 2 heterocycles. The van der Waals surface area contributed by atoms with E-state index in [1.807, 2.05) is 0 Å². The molecule has 0 amide bonds. The van der Waals surface area contributed by atoms with Crippen molar-refractivity contribution in [2.24, 2.45) is 5.73 Å². The van der Waals surface area contributed by atoms with Crippen LogP contribution < -0.4 is 5.73 Å². The van der Waals surface area contributed by atoms with Gasteiger partial charge < -0.3 is 5.73 Å². The van der Waals surface area contributed by atoms with Crippen LogP contribution in [0.2, 0.25) is 0 Å². The summed E-state index contributed by atoms with van der Waals surface area (Å²) in [6.07, 6.45) is 1.20. The van der Waals surface area contributed by atoms with Crippen LogP contribution in [0.5, 0.6) is 0 Å². The second-order valence-corrected chi connectivity index (χ2v) is 6.19. The van der Waals surface area contributed by atoms with Crippen molar-refractivity contribution in [3.63, 3.8) is 0 Å². The van der Waals surface area contributed by atoms with Gasteiger partial charge in [0.15, 0.2) is 0 Å². The molecular weight excluding hydrogens is 249 g/mol. The molecule has 0 aliphatic heterocycles.